The maximum Gasteiger partial charge on any atom is 0.255 e. The number of fused-ring (bicyclic) bond motifs is 1. The molecule has 1 N–H and O–H groups in total. The molecule has 0 saturated heterocycles. The molecule has 5 nitrogen and oxygen atoms in total. The monoisotopic (exact) mass is 301 g/mol. The number of nitrogens with zero attached hydrogens (tertiary/aromatic N) is 2. The van der Waals surface area contributed by atoms with Gasteiger partial charge in [-0.25, -0.2) is 4.98 Å². The highest BCUT2D eigenvalue weighted by molar-refractivity contribution is 5.23. The zero-order chi connectivity index (χ0) is 15.9. The lowest BCUT2D eigenvalue weighted by atomic mass is 10.1. The second kappa shape index (κ2) is 5.72. The molecule has 3 rings (SSSR count). The van der Waals surface area contributed by atoms with E-state index < -0.39 is 0 Å². The minimum Gasteiger partial charge on any atom is -0.465 e. The number of hydrogen-bond donors (Lipinski definition) is 1. The van der Waals surface area contributed by atoms with E-state index in [1.807, 2.05) is 20.8 Å². The maximum absolute atomic E-state index is 12.3. The summed E-state index contributed by atoms with van der Waals surface area (Å²) in [5.41, 5.74) is 2.94. The second-order valence-electron chi connectivity index (χ2n) is 6.44. The highest BCUT2D eigenvalue weighted by atomic mass is 16.3. The van der Waals surface area contributed by atoms with E-state index in [2.05, 4.69) is 27.9 Å². The predicted octanol–water partition coefficient (Wildman–Crippen LogP) is 2.66. The van der Waals surface area contributed by atoms with Crippen molar-refractivity contribution in [1.29, 1.82) is 0 Å². The molecule has 3 heterocycles. The molecule has 118 valence electrons. The number of aryl methyl sites for hydroxylation is 2. The largest absolute Gasteiger partial charge is 0.465 e. The van der Waals surface area contributed by atoms with Gasteiger partial charge in [0.05, 0.1) is 17.8 Å². The molecule has 0 spiro atoms. The Morgan fingerprint density at radius 3 is 2.82 bits per heavy atom. The summed E-state index contributed by atoms with van der Waals surface area (Å²) in [7, 11) is 0. The Labute approximate surface area is 130 Å². The number of furan rings is 1. The summed E-state index contributed by atoms with van der Waals surface area (Å²) in [5.74, 6) is 2.95. The van der Waals surface area contributed by atoms with Crippen LogP contribution in [0.4, 0.5) is 0 Å². The molecular weight excluding hydrogens is 278 g/mol. The fourth-order valence-corrected chi connectivity index (χ4v) is 2.86. The molecule has 0 aromatic carbocycles. The van der Waals surface area contributed by atoms with Gasteiger partial charge in [0, 0.05) is 25.4 Å². The van der Waals surface area contributed by atoms with Gasteiger partial charge >= 0.3 is 0 Å². The second-order valence-corrected chi connectivity index (χ2v) is 6.44. The van der Waals surface area contributed by atoms with Crippen molar-refractivity contribution in [3.8, 4) is 0 Å². The van der Waals surface area contributed by atoms with Crippen molar-refractivity contribution < 1.29 is 4.42 Å². The van der Waals surface area contributed by atoms with Crippen molar-refractivity contribution in [3.05, 3.63) is 50.6 Å². The first-order chi connectivity index (χ1) is 10.4. The number of nitrogens with one attached hydrogen (secondary N) is 1. The molecule has 1 aliphatic rings. The van der Waals surface area contributed by atoms with E-state index in [1.54, 1.807) is 0 Å². The van der Waals surface area contributed by atoms with Gasteiger partial charge in [-0.3, -0.25) is 9.69 Å². The lowest BCUT2D eigenvalue weighted by Crippen LogP contribution is -2.35. The standard InChI is InChI=1S/C17H23N3O2/c1-10(2)16-18-15-5-6-20(9-14(15)17(21)19-16)8-13-7-11(3)12(4)22-13/h7,10H,5-6,8-9H2,1-4H3,(H,18,19,21). The van der Waals surface area contributed by atoms with Crippen molar-refractivity contribution in [2.24, 2.45) is 0 Å². The molecular formula is C17H23N3O2. The zero-order valence-corrected chi connectivity index (χ0v) is 13.7. The molecule has 0 amide bonds. The Morgan fingerprint density at radius 2 is 2.18 bits per heavy atom. The predicted molar refractivity (Wildman–Crippen MR) is 84.9 cm³/mol. The fourth-order valence-electron chi connectivity index (χ4n) is 2.86. The molecule has 0 unspecified atom stereocenters. The molecule has 2 aromatic rings. The molecule has 22 heavy (non-hydrogen) atoms. The number of rotatable bonds is 3. The summed E-state index contributed by atoms with van der Waals surface area (Å²) in [6.45, 7) is 10.4. The average Bonchev–Trinajstić information content (AvgIpc) is 2.77. The summed E-state index contributed by atoms with van der Waals surface area (Å²) in [5, 5.41) is 0. The first-order valence-electron chi connectivity index (χ1n) is 7.84. The smallest absolute Gasteiger partial charge is 0.255 e. The van der Waals surface area contributed by atoms with Gasteiger partial charge in [0.25, 0.3) is 5.56 Å². The normalized spacial score (nSPS) is 15.3. The summed E-state index contributed by atoms with van der Waals surface area (Å²) >= 11 is 0. The van der Waals surface area contributed by atoms with Crippen LogP contribution in [0.15, 0.2) is 15.3 Å². The average molecular weight is 301 g/mol. The summed E-state index contributed by atoms with van der Waals surface area (Å²) in [6, 6.07) is 2.08. The summed E-state index contributed by atoms with van der Waals surface area (Å²) in [4.78, 5) is 22.1. The zero-order valence-electron chi connectivity index (χ0n) is 13.7. The van der Waals surface area contributed by atoms with E-state index in [-0.39, 0.29) is 11.5 Å². The molecule has 1 aliphatic heterocycles. The van der Waals surface area contributed by atoms with Crippen LogP contribution in [0.1, 0.15) is 53.9 Å². The van der Waals surface area contributed by atoms with Gasteiger partial charge in [-0.1, -0.05) is 13.8 Å². The Balaban J connectivity index is 1.80. The molecule has 0 radical (unpaired) electrons. The van der Waals surface area contributed by atoms with Crippen molar-refractivity contribution in [1.82, 2.24) is 14.9 Å². The quantitative estimate of drug-likeness (QED) is 0.946. The third kappa shape index (κ3) is 2.86. The van der Waals surface area contributed by atoms with Crippen molar-refractivity contribution in [2.45, 2.75) is 53.1 Å². The van der Waals surface area contributed by atoms with Crippen LogP contribution in [0.5, 0.6) is 0 Å². The van der Waals surface area contributed by atoms with Gasteiger partial charge in [-0.2, -0.15) is 0 Å². The minimum atomic E-state index is 0.00482. The van der Waals surface area contributed by atoms with Crippen molar-refractivity contribution >= 4 is 0 Å². The molecule has 0 fully saturated rings. The third-order valence-corrected chi connectivity index (χ3v) is 4.31. The van der Waals surface area contributed by atoms with Crippen LogP contribution in [0.25, 0.3) is 0 Å². The van der Waals surface area contributed by atoms with Gasteiger partial charge in [-0.15, -0.1) is 0 Å². The Bertz CT molecular complexity index is 723. The lowest BCUT2D eigenvalue weighted by molar-refractivity contribution is 0.221. The van der Waals surface area contributed by atoms with Crippen molar-refractivity contribution in [2.75, 3.05) is 6.54 Å². The lowest BCUT2D eigenvalue weighted by Gasteiger charge is -2.27. The van der Waals surface area contributed by atoms with E-state index in [1.165, 1.54) is 5.56 Å². The van der Waals surface area contributed by atoms with E-state index >= 15 is 0 Å². The summed E-state index contributed by atoms with van der Waals surface area (Å²) < 4.78 is 5.74. The first kappa shape index (κ1) is 15.0. The van der Waals surface area contributed by atoms with E-state index in [0.29, 0.717) is 6.54 Å². The Morgan fingerprint density at radius 1 is 1.41 bits per heavy atom. The Hall–Kier alpha value is -1.88. The van der Waals surface area contributed by atoms with E-state index in [9.17, 15) is 4.79 Å². The molecule has 0 saturated carbocycles. The number of hydrogen-bond acceptors (Lipinski definition) is 4. The minimum absolute atomic E-state index is 0.00482. The highest BCUT2D eigenvalue weighted by Crippen LogP contribution is 2.20. The van der Waals surface area contributed by atoms with Crippen LogP contribution in [-0.4, -0.2) is 21.4 Å². The first-order valence-corrected chi connectivity index (χ1v) is 7.84. The molecule has 5 heteroatoms. The number of aromatic nitrogens is 2. The summed E-state index contributed by atoms with van der Waals surface area (Å²) in [6.07, 6.45) is 0.817. The Kier molecular flexibility index (Phi) is 3.91. The SMILES string of the molecule is Cc1cc(CN2CCc3nc(C(C)C)[nH]c(=O)c3C2)oc1C. The molecule has 2 aromatic heterocycles. The molecule has 0 bridgehead atoms. The van der Waals surface area contributed by atoms with Crippen LogP contribution in [0, 0.1) is 13.8 Å². The van der Waals surface area contributed by atoms with Crippen molar-refractivity contribution in [3.63, 3.8) is 0 Å². The van der Waals surface area contributed by atoms with Crippen LogP contribution in [0.3, 0.4) is 0 Å². The van der Waals surface area contributed by atoms with Gasteiger partial charge in [0.2, 0.25) is 0 Å². The van der Waals surface area contributed by atoms with Crippen LogP contribution < -0.4 is 5.56 Å². The van der Waals surface area contributed by atoms with Crippen LogP contribution in [0.2, 0.25) is 0 Å². The fraction of sp³-hybridized carbons (Fsp3) is 0.529. The van der Waals surface area contributed by atoms with Gasteiger partial charge in [0.15, 0.2) is 0 Å². The van der Waals surface area contributed by atoms with E-state index in [0.717, 1.165) is 48.1 Å². The maximum atomic E-state index is 12.3. The van der Waals surface area contributed by atoms with Gasteiger partial charge in [-0.05, 0) is 25.5 Å². The van der Waals surface area contributed by atoms with Gasteiger partial charge in [0.1, 0.15) is 17.3 Å². The third-order valence-electron chi connectivity index (χ3n) is 4.31. The highest BCUT2D eigenvalue weighted by Gasteiger charge is 2.22. The number of aromatic amines is 1. The molecule has 0 aliphatic carbocycles. The van der Waals surface area contributed by atoms with Crippen LogP contribution >= 0.6 is 0 Å². The van der Waals surface area contributed by atoms with Crippen LogP contribution in [-0.2, 0) is 19.5 Å². The van der Waals surface area contributed by atoms with E-state index in [4.69, 9.17) is 4.42 Å². The number of H-pyrrole nitrogens is 1. The van der Waals surface area contributed by atoms with Gasteiger partial charge < -0.3 is 9.40 Å². The topological polar surface area (TPSA) is 62.1 Å². The molecule has 0 atom stereocenters.